The molecule has 0 radical (unpaired) electrons. The van der Waals surface area contributed by atoms with Crippen molar-refractivity contribution in [3.8, 4) is 0 Å². The molecule has 0 unspecified atom stereocenters. The Kier molecular flexibility index (Phi) is 4.67. The number of thiazole rings is 1. The van der Waals surface area contributed by atoms with Crippen molar-refractivity contribution < 1.29 is 0 Å². The third-order valence-electron chi connectivity index (χ3n) is 4.28. The van der Waals surface area contributed by atoms with Crippen LogP contribution in [0.5, 0.6) is 0 Å². The summed E-state index contributed by atoms with van der Waals surface area (Å²) in [7, 11) is 0. The predicted molar refractivity (Wildman–Crippen MR) is 98.8 cm³/mol. The van der Waals surface area contributed by atoms with E-state index in [9.17, 15) is 0 Å². The fourth-order valence-corrected chi connectivity index (χ4v) is 3.80. The third-order valence-corrected chi connectivity index (χ3v) is 5.11. The number of likely N-dealkylation sites (tertiary alicyclic amines) is 1. The maximum atomic E-state index is 4.73. The van der Waals surface area contributed by atoms with Gasteiger partial charge in [0.05, 0.1) is 11.7 Å². The lowest BCUT2D eigenvalue weighted by Crippen LogP contribution is -2.24. The molecule has 25 heavy (non-hydrogen) atoms. The number of aromatic nitrogens is 4. The number of nitrogens with zero attached hydrogens (tertiary/aromatic N) is 5. The maximum Gasteiger partial charge on any atom is 0.188 e. The summed E-state index contributed by atoms with van der Waals surface area (Å²) in [5.41, 5.74) is 1.09. The van der Waals surface area contributed by atoms with Crippen LogP contribution in [0, 0.1) is 6.92 Å². The lowest BCUT2D eigenvalue weighted by atomic mass is 10.2. The standard InChI is InChI=1S/C18H20N6S/c1-13-11-21-18(25-13)23-16-7-9-20-17(22-16)15-6-4-10-24(15)12-14-5-2-3-8-19-14/h2-3,5,7-9,11,15H,4,6,10,12H2,1H3,(H,20,21,22,23)/t15-/m0/s1. The van der Waals surface area contributed by atoms with Crippen molar-refractivity contribution >= 4 is 22.3 Å². The van der Waals surface area contributed by atoms with E-state index in [-0.39, 0.29) is 6.04 Å². The number of rotatable bonds is 5. The number of hydrogen-bond donors (Lipinski definition) is 1. The van der Waals surface area contributed by atoms with Gasteiger partial charge >= 0.3 is 0 Å². The molecule has 4 rings (SSSR count). The maximum absolute atomic E-state index is 4.73. The van der Waals surface area contributed by atoms with Gasteiger partial charge in [-0.05, 0) is 44.5 Å². The van der Waals surface area contributed by atoms with Gasteiger partial charge in [0.15, 0.2) is 5.13 Å². The monoisotopic (exact) mass is 352 g/mol. The van der Waals surface area contributed by atoms with E-state index in [4.69, 9.17) is 4.98 Å². The van der Waals surface area contributed by atoms with Crippen LogP contribution < -0.4 is 5.32 Å². The molecular weight excluding hydrogens is 332 g/mol. The lowest BCUT2D eigenvalue weighted by Gasteiger charge is -2.23. The molecule has 1 aliphatic heterocycles. The van der Waals surface area contributed by atoms with E-state index in [0.29, 0.717) is 0 Å². The molecule has 0 aliphatic carbocycles. The van der Waals surface area contributed by atoms with Gasteiger partial charge in [-0.1, -0.05) is 6.07 Å². The summed E-state index contributed by atoms with van der Waals surface area (Å²) >= 11 is 1.62. The third kappa shape index (κ3) is 3.83. The van der Waals surface area contributed by atoms with Crippen molar-refractivity contribution in [2.75, 3.05) is 11.9 Å². The predicted octanol–water partition coefficient (Wildman–Crippen LogP) is 3.72. The van der Waals surface area contributed by atoms with E-state index in [1.807, 2.05) is 43.7 Å². The molecule has 0 saturated carbocycles. The molecule has 3 aromatic heterocycles. The van der Waals surface area contributed by atoms with Crippen LogP contribution in [0.1, 0.15) is 35.3 Å². The van der Waals surface area contributed by atoms with Gasteiger partial charge in [-0.2, -0.15) is 0 Å². The molecule has 0 spiro atoms. The highest BCUT2D eigenvalue weighted by atomic mass is 32.1. The normalized spacial score (nSPS) is 17.7. The van der Waals surface area contributed by atoms with E-state index in [0.717, 1.165) is 48.4 Å². The average Bonchev–Trinajstić information content (AvgIpc) is 3.25. The molecule has 6 nitrogen and oxygen atoms in total. The Labute approximate surface area is 151 Å². The Bertz CT molecular complexity index is 834. The van der Waals surface area contributed by atoms with E-state index >= 15 is 0 Å². The van der Waals surface area contributed by atoms with Crippen LogP contribution in [-0.4, -0.2) is 31.4 Å². The molecule has 1 saturated heterocycles. The van der Waals surface area contributed by atoms with Gasteiger partial charge in [-0.3, -0.25) is 9.88 Å². The van der Waals surface area contributed by atoms with Crippen LogP contribution in [0.25, 0.3) is 0 Å². The largest absolute Gasteiger partial charge is 0.316 e. The van der Waals surface area contributed by atoms with Gasteiger partial charge in [-0.25, -0.2) is 15.0 Å². The second kappa shape index (κ2) is 7.25. The number of hydrogen-bond acceptors (Lipinski definition) is 7. The van der Waals surface area contributed by atoms with Gasteiger partial charge in [-0.15, -0.1) is 11.3 Å². The summed E-state index contributed by atoms with van der Waals surface area (Å²) < 4.78 is 0. The Morgan fingerprint density at radius 2 is 2.16 bits per heavy atom. The van der Waals surface area contributed by atoms with E-state index in [2.05, 4.69) is 31.2 Å². The average molecular weight is 352 g/mol. The zero-order valence-electron chi connectivity index (χ0n) is 14.1. The van der Waals surface area contributed by atoms with Gasteiger partial charge in [0.25, 0.3) is 0 Å². The van der Waals surface area contributed by atoms with Gasteiger partial charge < -0.3 is 5.32 Å². The van der Waals surface area contributed by atoms with Crippen molar-refractivity contribution in [1.29, 1.82) is 0 Å². The molecule has 0 amide bonds. The molecule has 0 bridgehead atoms. The van der Waals surface area contributed by atoms with Crippen molar-refractivity contribution in [3.63, 3.8) is 0 Å². The zero-order valence-corrected chi connectivity index (χ0v) is 14.9. The topological polar surface area (TPSA) is 66.8 Å². The van der Waals surface area contributed by atoms with Crippen molar-refractivity contribution in [2.24, 2.45) is 0 Å². The number of anilines is 2. The van der Waals surface area contributed by atoms with Crippen LogP contribution in [-0.2, 0) is 6.54 Å². The quantitative estimate of drug-likeness (QED) is 0.755. The first kappa shape index (κ1) is 16.1. The van der Waals surface area contributed by atoms with E-state index in [1.54, 1.807) is 11.3 Å². The zero-order chi connectivity index (χ0) is 17.1. The SMILES string of the molecule is Cc1cnc(Nc2ccnc([C@@H]3CCCN3Cc3ccccn3)n2)s1. The molecule has 1 aliphatic rings. The number of nitrogens with one attached hydrogen (secondary N) is 1. The van der Waals surface area contributed by atoms with Gasteiger partial charge in [0, 0.05) is 30.0 Å². The van der Waals surface area contributed by atoms with Crippen molar-refractivity contribution in [3.05, 3.63) is 59.3 Å². The first-order valence-electron chi connectivity index (χ1n) is 8.44. The lowest BCUT2D eigenvalue weighted by molar-refractivity contribution is 0.237. The Hall–Kier alpha value is -2.38. The Balaban J connectivity index is 1.51. The molecular formula is C18H20N6S. The Morgan fingerprint density at radius 1 is 1.20 bits per heavy atom. The fourth-order valence-electron chi connectivity index (χ4n) is 3.13. The minimum atomic E-state index is 0.238. The number of aryl methyl sites for hydroxylation is 1. The first-order chi connectivity index (χ1) is 12.3. The first-order valence-corrected chi connectivity index (χ1v) is 9.26. The van der Waals surface area contributed by atoms with Crippen LogP contribution >= 0.6 is 11.3 Å². The number of pyridine rings is 1. The molecule has 1 fully saturated rings. The van der Waals surface area contributed by atoms with Crippen molar-refractivity contribution in [2.45, 2.75) is 32.4 Å². The van der Waals surface area contributed by atoms with Crippen LogP contribution in [0.15, 0.2) is 42.9 Å². The second-order valence-electron chi connectivity index (χ2n) is 6.15. The summed E-state index contributed by atoms with van der Waals surface area (Å²) in [6.45, 7) is 3.93. The molecule has 0 aromatic carbocycles. The fraction of sp³-hybridized carbons (Fsp3) is 0.333. The summed E-state index contributed by atoms with van der Waals surface area (Å²) in [4.78, 5) is 21.6. The molecule has 3 aromatic rings. The van der Waals surface area contributed by atoms with E-state index in [1.165, 1.54) is 4.88 Å². The van der Waals surface area contributed by atoms with Gasteiger partial charge in [0.1, 0.15) is 11.6 Å². The highest BCUT2D eigenvalue weighted by molar-refractivity contribution is 7.15. The minimum Gasteiger partial charge on any atom is -0.316 e. The van der Waals surface area contributed by atoms with Crippen LogP contribution in [0.4, 0.5) is 10.9 Å². The molecule has 1 atom stereocenters. The summed E-state index contributed by atoms with van der Waals surface area (Å²) in [5.74, 6) is 1.66. The second-order valence-corrected chi connectivity index (χ2v) is 7.39. The summed E-state index contributed by atoms with van der Waals surface area (Å²) in [5, 5.41) is 4.14. The van der Waals surface area contributed by atoms with Gasteiger partial charge in [0.2, 0.25) is 0 Å². The molecule has 1 N–H and O–H groups in total. The smallest absolute Gasteiger partial charge is 0.188 e. The van der Waals surface area contributed by atoms with Crippen LogP contribution in [0.2, 0.25) is 0 Å². The van der Waals surface area contributed by atoms with Crippen LogP contribution in [0.3, 0.4) is 0 Å². The molecule has 7 heteroatoms. The van der Waals surface area contributed by atoms with Crippen molar-refractivity contribution in [1.82, 2.24) is 24.8 Å². The summed E-state index contributed by atoms with van der Waals surface area (Å²) in [6, 6.07) is 8.17. The highest BCUT2D eigenvalue weighted by Crippen LogP contribution is 2.31. The highest BCUT2D eigenvalue weighted by Gasteiger charge is 2.28. The summed E-state index contributed by atoms with van der Waals surface area (Å²) in [6.07, 6.45) is 7.76. The van der Waals surface area contributed by atoms with E-state index < -0.39 is 0 Å². The molecule has 4 heterocycles. The Morgan fingerprint density at radius 3 is 2.96 bits per heavy atom. The molecule has 128 valence electrons. The minimum absolute atomic E-state index is 0.238.